The van der Waals surface area contributed by atoms with Crippen molar-refractivity contribution in [3.8, 4) is 40.2 Å². The van der Waals surface area contributed by atoms with Crippen molar-refractivity contribution in [2.24, 2.45) is 0 Å². The molecule has 0 saturated carbocycles. The molecule has 0 aliphatic rings. The Kier molecular flexibility index (Phi) is 16.6. The minimum Gasteiger partial charge on any atom is -0.485 e. The smallest absolute Gasteiger partial charge is 0.343 e. The summed E-state index contributed by atoms with van der Waals surface area (Å²) < 4.78 is 44.8. The summed E-state index contributed by atoms with van der Waals surface area (Å²) in [5.41, 5.74) is 5.98. The van der Waals surface area contributed by atoms with Gasteiger partial charge in [-0.2, -0.15) is 0 Å². The molecule has 73 heavy (non-hydrogen) atoms. The first kappa shape index (κ1) is 49.1. The zero-order chi connectivity index (χ0) is 50.0. The van der Waals surface area contributed by atoms with E-state index in [9.17, 15) is 9.59 Å². The van der Waals surface area contributed by atoms with Gasteiger partial charge in [-0.1, -0.05) is 182 Å². The Balaban J connectivity index is 1.03. The van der Waals surface area contributed by atoms with E-state index >= 15 is 0 Å². The van der Waals surface area contributed by atoms with E-state index in [-0.39, 0.29) is 73.7 Å². The maximum absolute atomic E-state index is 14.5. The minimum absolute atomic E-state index is 0.0395. The van der Waals surface area contributed by atoms with Crippen molar-refractivity contribution in [1.82, 2.24) is 0 Å². The molecule has 0 spiro atoms. The second-order valence-corrected chi connectivity index (χ2v) is 17.3. The topological polar surface area (TPSA) is 111 Å². The lowest BCUT2D eigenvalue weighted by molar-refractivity contribution is 0.0733. The largest absolute Gasteiger partial charge is 0.485 e. The van der Waals surface area contributed by atoms with E-state index in [1.54, 1.807) is 42.5 Å². The van der Waals surface area contributed by atoms with Crippen LogP contribution in [0.25, 0.3) is 0 Å². The average Bonchev–Trinajstić information content (AvgIpc) is 3.44. The average molecular weight is 986 g/mol. The van der Waals surface area contributed by atoms with Gasteiger partial charge in [0, 0.05) is 10.5 Å². The van der Waals surface area contributed by atoms with Gasteiger partial charge >= 0.3 is 5.97 Å². The molecule has 0 heterocycles. The molecule has 0 aromatic heterocycles. The number of hydrogen-bond acceptors (Lipinski definition) is 10. The quantitative estimate of drug-likeness (QED) is 0.0390. The van der Waals surface area contributed by atoms with Crippen molar-refractivity contribution in [2.45, 2.75) is 44.5 Å². The van der Waals surface area contributed by atoms with Crippen LogP contribution in [0.15, 0.2) is 229 Å². The predicted molar refractivity (Wildman–Crippen MR) is 284 cm³/mol. The van der Waals surface area contributed by atoms with Gasteiger partial charge in [-0.25, -0.2) is 4.79 Å². The molecule has 9 aromatic carbocycles. The first-order valence-corrected chi connectivity index (χ1v) is 24.1. The lowest BCUT2D eigenvalue weighted by Crippen LogP contribution is -2.16. The number of rotatable bonds is 22. The van der Waals surface area contributed by atoms with Gasteiger partial charge in [0.25, 0.3) is 5.91 Å². The Bertz CT molecular complexity index is 3090. The Hall–Kier alpha value is -8.93. The lowest BCUT2D eigenvalue weighted by atomic mass is 10.1. The SMILES string of the molecule is O=C(Nc1ccc(S)cc1OC(=O)c1cc(OCc2ccccc2)c(OCc2ccccc2)c(OCc2ccccc2)c1)c1cc(OCc2ccccc2)c(OCc2ccccc2)c(OCc2ccccc2)c1. The summed E-state index contributed by atoms with van der Waals surface area (Å²) in [5.74, 6) is 0.496. The highest BCUT2D eigenvalue weighted by Gasteiger charge is 2.24. The van der Waals surface area contributed by atoms with Gasteiger partial charge < -0.3 is 38.5 Å². The van der Waals surface area contributed by atoms with Crippen LogP contribution in [-0.4, -0.2) is 11.9 Å². The van der Waals surface area contributed by atoms with Gasteiger partial charge in [0.05, 0.1) is 11.3 Å². The summed E-state index contributed by atoms with van der Waals surface area (Å²) in [4.78, 5) is 29.5. The standard InChI is InChI=1S/C62H51NO9S/c64-61(50-33-55(66-38-44-19-7-1-8-20-44)59(70-42-48-27-15-5-16-28-48)56(34-50)67-39-45-21-9-2-10-22-45)63-53-32-31-52(73)37-54(53)72-62(65)51-35-57(68-40-46-23-11-3-12-24-46)60(71-43-49-29-17-6-18-30-49)58(36-51)69-41-47-25-13-4-14-26-47/h1-37,73H,38-43H2,(H,63,64). The second kappa shape index (κ2) is 24.8. The molecule has 1 amide bonds. The van der Waals surface area contributed by atoms with Crippen LogP contribution in [0, 0.1) is 0 Å². The fourth-order valence-corrected chi connectivity index (χ4v) is 7.76. The molecule has 10 nitrogen and oxygen atoms in total. The molecule has 0 aliphatic heterocycles. The fourth-order valence-electron chi connectivity index (χ4n) is 7.57. The van der Waals surface area contributed by atoms with E-state index in [0.717, 1.165) is 33.4 Å². The summed E-state index contributed by atoms with van der Waals surface area (Å²) in [7, 11) is 0. The Morgan fingerprint density at radius 2 is 0.644 bits per heavy atom. The Labute approximate surface area is 430 Å². The van der Waals surface area contributed by atoms with Crippen LogP contribution in [0.5, 0.6) is 40.2 Å². The van der Waals surface area contributed by atoms with Crippen LogP contribution in [0.1, 0.15) is 54.1 Å². The number of nitrogens with one attached hydrogen (secondary N) is 1. The molecule has 9 aromatic rings. The Morgan fingerprint density at radius 1 is 0.342 bits per heavy atom. The number of carbonyl (C=O) groups excluding carboxylic acids is 2. The number of esters is 1. The number of carbonyl (C=O) groups is 2. The molecular weight excluding hydrogens is 935 g/mol. The molecule has 0 fully saturated rings. The summed E-state index contributed by atoms with van der Waals surface area (Å²) in [6, 6.07) is 69.4. The zero-order valence-corrected chi connectivity index (χ0v) is 40.6. The second-order valence-electron chi connectivity index (χ2n) is 16.8. The van der Waals surface area contributed by atoms with Crippen LogP contribution in [0.4, 0.5) is 5.69 Å². The van der Waals surface area contributed by atoms with E-state index in [1.807, 2.05) is 182 Å². The molecule has 1 N–H and O–H groups in total. The summed E-state index contributed by atoms with van der Waals surface area (Å²) >= 11 is 4.58. The number of anilines is 1. The van der Waals surface area contributed by atoms with Crippen molar-refractivity contribution in [3.63, 3.8) is 0 Å². The first-order valence-electron chi connectivity index (χ1n) is 23.6. The number of thiol groups is 1. The third kappa shape index (κ3) is 13.9. The summed E-state index contributed by atoms with van der Waals surface area (Å²) in [6.07, 6.45) is 0. The summed E-state index contributed by atoms with van der Waals surface area (Å²) in [5, 5.41) is 2.96. The van der Waals surface area contributed by atoms with Gasteiger partial charge in [-0.05, 0) is 75.8 Å². The minimum atomic E-state index is -0.758. The molecule has 0 saturated heterocycles. The highest BCUT2D eigenvalue weighted by molar-refractivity contribution is 7.80. The predicted octanol–water partition coefficient (Wildman–Crippen LogP) is 13.9. The van der Waals surface area contributed by atoms with Crippen molar-refractivity contribution in [1.29, 1.82) is 0 Å². The van der Waals surface area contributed by atoms with Crippen LogP contribution >= 0.6 is 12.6 Å². The van der Waals surface area contributed by atoms with E-state index < -0.39 is 11.9 Å². The highest BCUT2D eigenvalue weighted by Crippen LogP contribution is 2.43. The molecule has 0 aliphatic carbocycles. The number of benzene rings is 9. The van der Waals surface area contributed by atoms with E-state index in [2.05, 4.69) is 17.9 Å². The molecule has 9 rings (SSSR count). The van der Waals surface area contributed by atoms with Crippen LogP contribution in [0.3, 0.4) is 0 Å². The third-order valence-corrected chi connectivity index (χ3v) is 11.6. The van der Waals surface area contributed by atoms with E-state index in [1.165, 1.54) is 0 Å². The zero-order valence-electron chi connectivity index (χ0n) is 39.7. The van der Waals surface area contributed by atoms with Gasteiger partial charge in [-0.15, -0.1) is 12.6 Å². The monoisotopic (exact) mass is 985 g/mol. The van der Waals surface area contributed by atoms with Crippen LogP contribution < -0.4 is 38.5 Å². The normalized spacial score (nSPS) is 10.7. The van der Waals surface area contributed by atoms with Crippen molar-refractivity contribution >= 4 is 30.2 Å². The lowest BCUT2D eigenvalue weighted by Gasteiger charge is -2.20. The first-order chi connectivity index (χ1) is 35.9. The van der Waals surface area contributed by atoms with Crippen molar-refractivity contribution in [3.05, 3.63) is 269 Å². The maximum atomic E-state index is 14.5. The van der Waals surface area contributed by atoms with Crippen LogP contribution in [-0.2, 0) is 39.6 Å². The molecule has 0 unspecified atom stereocenters. The van der Waals surface area contributed by atoms with E-state index in [4.69, 9.17) is 33.2 Å². The summed E-state index contributed by atoms with van der Waals surface area (Å²) in [6.45, 7) is 1.15. The molecule has 0 atom stereocenters. The third-order valence-electron chi connectivity index (χ3n) is 11.4. The maximum Gasteiger partial charge on any atom is 0.343 e. The molecule has 364 valence electrons. The molecular formula is C62H51NO9S. The van der Waals surface area contributed by atoms with E-state index in [0.29, 0.717) is 27.9 Å². The van der Waals surface area contributed by atoms with Gasteiger partial charge in [0.15, 0.2) is 28.7 Å². The van der Waals surface area contributed by atoms with Crippen molar-refractivity contribution < 1.29 is 42.7 Å². The molecule has 11 heteroatoms. The van der Waals surface area contributed by atoms with Crippen LogP contribution in [0.2, 0.25) is 0 Å². The van der Waals surface area contributed by atoms with Gasteiger partial charge in [0.1, 0.15) is 39.6 Å². The molecule has 0 radical (unpaired) electrons. The van der Waals surface area contributed by atoms with Gasteiger partial charge in [0.2, 0.25) is 11.5 Å². The molecule has 0 bridgehead atoms. The number of hydrogen-bond donors (Lipinski definition) is 2. The number of ether oxygens (including phenoxy) is 7. The fraction of sp³-hybridized carbons (Fsp3) is 0.0968. The highest BCUT2D eigenvalue weighted by atomic mass is 32.1. The Morgan fingerprint density at radius 3 is 0.973 bits per heavy atom. The van der Waals surface area contributed by atoms with Gasteiger partial charge in [-0.3, -0.25) is 4.79 Å². The van der Waals surface area contributed by atoms with Crippen molar-refractivity contribution in [2.75, 3.05) is 5.32 Å². The number of amides is 1.